The first-order valence-electron chi connectivity index (χ1n) is 41.9. The van der Waals surface area contributed by atoms with Gasteiger partial charge < -0.3 is 18.3 Å². The first-order chi connectivity index (χ1) is 59.7. The Hall–Kier alpha value is -15.6. The monoisotopic (exact) mass is 1540 g/mol. The number of fused-ring (bicyclic) bond motifs is 15. The summed E-state index contributed by atoms with van der Waals surface area (Å²) in [6.07, 6.45) is 0. The number of aromatic nitrogens is 4. The maximum atomic E-state index is 2.46. The van der Waals surface area contributed by atoms with Gasteiger partial charge in [0.1, 0.15) is 0 Å². The standard InChI is InChI=1S/C66H44N2.C51H36N2/c1-6-18-45(19-7-1)50-30-33-65-61(42-50)62-44-52(32-35-66(62)68(65)58-40-55(48-24-12-4-13-25-48)37-56(41-58)49-26-14-5-15-27-49)51-31-34-64-60(43-51)59-28-16-17-29-63(59)67(64)57-38-53(46-20-8-2-9-21-46)36-54(39-57)47-22-10-3-11-23-47;1-51(2)45-19-11-9-17-39(45)40-25-24-38(32-46(40)51)53-47-20-12-10-18-41(47)42-30-35(22-27-48(42)53)36-23-28-50-44(31-36)43-29-34(33-13-5-3-6-14-33)21-26-49(43)52(50)37-15-7-4-8-16-37/h1-44H;3-32H,1-2H3. The highest BCUT2D eigenvalue weighted by Gasteiger charge is 2.36. The zero-order chi connectivity index (χ0) is 80.2. The molecule has 0 unspecified atom stereocenters. The molecule has 4 heterocycles. The van der Waals surface area contributed by atoms with Gasteiger partial charge in [-0.2, -0.15) is 0 Å². The average molecular weight is 1540 g/mol. The molecule has 0 amide bonds. The molecule has 23 aromatic rings. The van der Waals surface area contributed by atoms with Gasteiger partial charge in [-0.05, 0) is 257 Å². The predicted octanol–water partition coefficient (Wildman–Crippen LogP) is 31.4. The highest BCUT2D eigenvalue weighted by Crippen LogP contribution is 2.51. The van der Waals surface area contributed by atoms with Crippen LogP contribution >= 0.6 is 0 Å². The summed E-state index contributed by atoms with van der Waals surface area (Å²) in [5.41, 5.74) is 38.8. The smallest absolute Gasteiger partial charge is 0.0541 e. The van der Waals surface area contributed by atoms with Gasteiger partial charge in [0.15, 0.2) is 0 Å². The minimum Gasteiger partial charge on any atom is -0.309 e. The quantitative estimate of drug-likeness (QED) is 0.116. The van der Waals surface area contributed by atoms with Crippen LogP contribution in [0.15, 0.2) is 449 Å². The molecule has 568 valence electrons. The Morgan fingerprint density at radius 1 is 0.140 bits per heavy atom. The van der Waals surface area contributed by atoms with Crippen LogP contribution in [0.1, 0.15) is 25.0 Å². The van der Waals surface area contributed by atoms with E-state index < -0.39 is 0 Å². The molecule has 1 aliphatic rings. The number of para-hydroxylation sites is 3. The van der Waals surface area contributed by atoms with E-state index in [2.05, 4.69) is 481 Å². The van der Waals surface area contributed by atoms with Crippen molar-refractivity contribution < 1.29 is 0 Å². The van der Waals surface area contributed by atoms with E-state index in [0.717, 1.165) is 11.4 Å². The normalized spacial score (nSPS) is 12.3. The summed E-state index contributed by atoms with van der Waals surface area (Å²) in [6, 6.07) is 165. The van der Waals surface area contributed by atoms with Gasteiger partial charge in [0.25, 0.3) is 0 Å². The van der Waals surface area contributed by atoms with Gasteiger partial charge in [-0.15, -0.1) is 0 Å². The van der Waals surface area contributed by atoms with Crippen LogP contribution in [0.4, 0.5) is 0 Å². The van der Waals surface area contributed by atoms with Crippen molar-refractivity contribution in [3.8, 4) is 123 Å². The van der Waals surface area contributed by atoms with Crippen LogP contribution < -0.4 is 0 Å². The molecular weight excluding hydrogens is 1460 g/mol. The zero-order valence-electron chi connectivity index (χ0n) is 67.0. The predicted molar refractivity (Wildman–Crippen MR) is 511 cm³/mol. The molecule has 19 aromatic carbocycles. The SMILES string of the molecule is CC1(C)c2ccccc2-c2ccc(-n3c4ccccc4c4cc(-c5ccc6c(c5)c5cc(-c7ccccc7)ccc5n6-c5ccccc5)ccc43)cc21.c1ccc(-c2cc(-c3ccccc3)cc(-n3c4ccccc4c4cc(-c5ccc6c(c5)c5cc(-c7ccccc7)ccc5n6-c5cc(-c6ccccc6)cc(-c6ccccc6)c5)ccc43)c2)cc1. The van der Waals surface area contributed by atoms with Crippen LogP contribution in [0.2, 0.25) is 0 Å². The topological polar surface area (TPSA) is 19.7 Å². The Kier molecular flexibility index (Phi) is 16.9. The van der Waals surface area contributed by atoms with Crippen LogP contribution in [0.25, 0.3) is 210 Å². The third-order valence-electron chi connectivity index (χ3n) is 25.4. The van der Waals surface area contributed by atoms with Crippen LogP contribution in [0.3, 0.4) is 0 Å². The number of rotatable bonds is 12. The second kappa shape index (κ2) is 28.9. The molecule has 0 fully saturated rings. The van der Waals surface area contributed by atoms with Gasteiger partial charge in [0.05, 0.1) is 44.1 Å². The summed E-state index contributed by atoms with van der Waals surface area (Å²) in [5, 5.41) is 9.93. The lowest BCUT2D eigenvalue weighted by Gasteiger charge is -2.22. The Morgan fingerprint density at radius 3 is 0.736 bits per heavy atom. The van der Waals surface area contributed by atoms with Crippen LogP contribution in [0.5, 0.6) is 0 Å². The van der Waals surface area contributed by atoms with Gasteiger partial charge in [-0.25, -0.2) is 0 Å². The van der Waals surface area contributed by atoms with E-state index in [9.17, 15) is 0 Å². The van der Waals surface area contributed by atoms with Crippen molar-refractivity contribution in [2.24, 2.45) is 0 Å². The maximum Gasteiger partial charge on any atom is 0.0541 e. The van der Waals surface area contributed by atoms with Crippen molar-refractivity contribution >= 4 is 87.2 Å². The van der Waals surface area contributed by atoms with E-state index in [1.54, 1.807) is 0 Å². The molecule has 0 spiro atoms. The summed E-state index contributed by atoms with van der Waals surface area (Å²) in [4.78, 5) is 0. The molecule has 1 aliphatic carbocycles. The van der Waals surface area contributed by atoms with Crippen LogP contribution in [-0.4, -0.2) is 18.3 Å². The highest BCUT2D eigenvalue weighted by atomic mass is 15.0. The van der Waals surface area contributed by atoms with Crippen molar-refractivity contribution in [2.75, 3.05) is 0 Å². The van der Waals surface area contributed by atoms with E-state index in [1.165, 1.54) is 210 Å². The molecule has 0 atom stereocenters. The molecule has 0 saturated carbocycles. The Morgan fingerprint density at radius 2 is 0.388 bits per heavy atom. The summed E-state index contributed by atoms with van der Waals surface area (Å²) < 4.78 is 9.76. The fraction of sp³-hybridized carbons (Fsp3) is 0.0256. The molecule has 0 bridgehead atoms. The third kappa shape index (κ3) is 12.1. The molecule has 0 saturated heterocycles. The lowest BCUT2D eigenvalue weighted by molar-refractivity contribution is 0.660. The van der Waals surface area contributed by atoms with E-state index in [1.807, 2.05) is 0 Å². The van der Waals surface area contributed by atoms with Gasteiger partial charge >= 0.3 is 0 Å². The van der Waals surface area contributed by atoms with Gasteiger partial charge in [-0.3, -0.25) is 0 Å². The zero-order valence-corrected chi connectivity index (χ0v) is 67.0. The first-order valence-corrected chi connectivity index (χ1v) is 41.9. The Balaban J connectivity index is 0.000000145. The summed E-state index contributed by atoms with van der Waals surface area (Å²) in [5.74, 6) is 0. The molecule has 24 rings (SSSR count). The van der Waals surface area contributed by atoms with Crippen molar-refractivity contribution in [2.45, 2.75) is 19.3 Å². The fourth-order valence-electron chi connectivity index (χ4n) is 19.5. The molecule has 121 heavy (non-hydrogen) atoms. The molecule has 0 radical (unpaired) electrons. The largest absolute Gasteiger partial charge is 0.309 e. The van der Waals surface area contributed by atoms with Crippen LogP contribution in [0, 0.1) is 0 Å². The lowest BCUT2D eigenvalue weighted by atomic mass is 9.82. The molecule has 0 N–H and O–H groups in total. The second-order valence-corrected chi connectivity index (χ2v) is 32.7. The minimum atomic E-state index is -0.0575. The maximum absolute atomic E-state index is 2.46. The first kappa shape index (κ1) is 70.8. The Labute approximate surface area is 702 Å². The van der Waals surface area contributed by atoms with E-state index in [0.29, 0.717) is 0 Å². The third-order valence-corrected chi connectivity index (χ3v) is 25.4. The summed E-state index contributed by atoms with van der Waals surface area (Å²) >= 11 is 0. The molecule has 4 aromatic heterocycles. The summed E-state index contributed by atoms with van der Waals surface area (Å²) in [7, 11) is 0. The second-order valence-electron chi connectivity index (χ2n) is 32.7. The number of hydrogen-bond acceptors (Lipinski definition) is 0. The average Bonchev–Trinajstić information content (AvgIpc) is 1.58. The number of hydrogen-bond donors (Lipinski definition) is 0. The lowest BCUT2D eigenvalue weighted by Crippen LogP contribution is -2.15. The van der Waals surface area contributed by atoms with Gasteiger partial charge in [0, 0.05) is 71.3 Å². The molecule has 4 nitrogen and oxygen atoms in total. The van der Waals surface area contributed by atoms with Gasteiger partial charge in [0.2, 0.25) is 0 Å². The van der Waals surface area contributed by atoms with Crippen molar-refractivity contribution in [3.05, 3.63) is 460 Å². The van der Waals surface area contributed by atoms with Crippen molar-refractivity contribution in [1.29, 1.82) is 0 Å². The molecule has 4 heteroatoms. The van der Waals surface area contributed by atoms with Gasteiger partial charge in [-0.1, -0.05) is 317 Å². The Bertz CT molecular complexity index is 7870. The van der Waals surface area contributed by atoms with Crippen molar-refractivity contribution in [1.82, 2.24) is 18.3 Å². The van der Waals surface area contributed by atoms with Crippen molar-refractivity contribution in [3.63, 3.8) is 0 Å². The number of nitrogens with zero attached hydrogens (tertiary/aromatic N) is 4. The van der Waals surface area contributed by atoms with E-state index in [4.69, 9.17) is 0 Å². The van der Waals surface area contributed by atoms with E-state index >= 15 is 0 Å². The summed E-state index contributed by atoms with van der Waals surface area (Å²) in [6.45, 7) is 4.71. The highest BCUT2D eigenvalue weighted by molar-refractivity contribution is 6.16. The number of benzene rings is 19. The van der Waals surface area contributed by atoms with Crippen LogP contribution in [-0.2, 0) is 5.41 Å². The fourth-order valence-corrected chi connectivity index (χ4v) is 19.5. The molecule has 0 aliphatic heterocycles. The van der Waals surface area contributed by atoms with E-state index in [-0.39, 0.29) is 5.41 Å². The molecular formula is C117H80N4. The minimum absolute atomic E-state index is 0.0575.